The number of nitrogens with zero attached hydrogens (tertiary/aromatic N) is 2. The molecule has 0 unspecified atom stereocenters. The summed E-state index contributed by atoms with van der Waals surface area (Å²) < 4.78 is 1.14. The van der Waals surface area contributed by atoms with Crippen molar-refractivity contribution in [3.05, 3.63) is 64.1 Å². The molecule has 5 heteroatoms. The predicted molar refractivity (Wildman–Crippen MR) is 96.0 cm³/mol. The maximum absolute atomic E-state index is 12.5. The third-order valence-electron chi connectivity index (χ3n) is 3.94. The van der Waals surface area contributed by atoms with Gasteiger partial charge in [-0.15, -0.1) is 11.3 Å². The first kappa shape index (κ1) is 16.0. The molecular weight excluding hydrogens is 328 g/mol. The lowest BCUT2D eigenvalue weighted by Gasteiger charge is -2.23. The fourth-order valence-corrected chi connectivity index (χ4v) is 3.65. The molecule has 1 heterocycles. The number of thiazole rings is 1. The highest BCUT2D eigenvalue weighted by Gasteiger charge is 2.21. The fraction of sp³-hybridized carbons (Fsp3) is 0.222. The van der Waals surface area contributed by atoms with Crippen molar-refractivity contribution in [1.82, 2.24) is 9.88 Å². The molecule has 0 radical (unpaired) electrons. The number of rotatable bonds is 4. The molecule has 3 rings (SSSR count). The van der Waals surface area contributed by atoms with Crippen molar-refractivity contribution in [3.8, 4) is 0 Å². The van der Waals surface area contributed by atoms with E-state index in [0.717, 1.165) is 20.8 Å². The molecule has 0 spiro atoms. The van der Waals surface area contributed by atoms with Crippen LogP contribution in [0.1, 0.15) is 23.5 Å². The van der Waals surface area contributed by atoms with E-state index in [9.17, 15) is 4.79 Å². The largest absolute Gasteiger partial charge is 0.336 e. The molecule has 1 aromatic heterocycles. The maximum Gasteiger partial charge on any atom is 0.227 e. The Morgan fingerprint density at radius 2 is 1.91 bits per heavy atom. The summed E-state index contributed by atoms with van der Waals surface area (Å²) in [4.78, 5) is 18.9. The smallest absolute Gasteiger partial charge is 0.227 e. The van der Waals surface area contributed by atoms with Gasteiger partial charge in [-0.2, -0.15) is 0 Å². The van der Waals surface area contributed by atoms with Gasteiger partial charge in [0.2, 0.25) is 5.91 Å². The maximum atomic E-state index is 12.5. The van der Waals surface area contributed by atoms with Crippen LogP contribution in [0.5, 0.6) is 0 Å². The van der Waals surface area contributed by atoms with E-state index in [-0.39, 0.29) is 11.9 Å². The van der Waals surface area contributed by atoms with Crippen LogP contribution in [0.4, 0.5) is 0 Å². The number of carbonyl (C=O) groups excluding carboxylic acids is 1. The molecule has 0 saturated carbocycles. The van der Waals surface area contributed by atoms with Gasteiger partial charge in [-0.3, -0.25) is 4.79 Å². The van der Waals surface area contributed by atoms with Crippen molar-refractivity contribution in [2.75, 3.05) is 7.05 Å². The van der Waals surface area contributed by atoms with Crippen molar-refractivity contribution in [1.29, 1.82) is 0 Å². The Hall–Kier alpha value is -1.91. The number of amides is 1. The van der Waals surface area contributed by atoms with E-state index in [0.29, 0.717) is 11.4 Å². The van der Waals surface area contributed by atoms with E-state index >= 15 is 0 Å². The molecule has 3 nitrogen and oxygen atoms in total. The van der Waals surface area contributed by atoms with Crippen LogP contribution < -0.4 is 0 Å². The highest BCUT2D eigenvalue weighted by molar-refractivity contribution is 7.18. The molecule has 0 aliphatic rings. The van der Waals surface area contributed by atoms with Crippen LogP contribution in [0.3, 0.4) is 0 Å². The number of halogens is 1. The summed E-state index contributed by atoms with van der Waals surface area (Å²) >= 11 is 7.77. The zero-order valence-corrected chi connectivity index (χ0v) is 14.6. The number of fused-ring (bicyclic) bond motifs is 1. The minimum atomic E-state index is -0.0672. The van der Waals surface area contributed by atoms with Crippen molar-refractivity contribution in [2.45, 2.75) is 19.4 Å². The zero-order valence-electron chi connectivity index (χ0n) is 13.0. The van der Waals surface area contributed by atoms with Gasteiger partial charge in [-0.05, 0) is 30.7 Å². The number of aromatic nitrogens is 1. The molecule has 0 aliphatic heterocycles. The summed E-state index contributed by atoms with van der Waals surface area (Å²) in [6.07, 6.45) is 0.297. The molecule has 118 valence electrons. The minimum absolute atomic E-state index is 0.0323. The zero-order chi connectivity index (χ0) is 16.4. The molecule has 0 fully saturated rings. The Balaban J connectivity index is 1.77. The summed E-state index contributed by atoms with van der Waals surface area (Å²) in [7, 11) is 1.82. The second-order valence-electron chi connectivity index (χ2n) is 5.47. The molecule has 0 aliphatic carbocycles. The SMILES string of the molecule is C[C@H](c1nc2ccccc2s1)N(C)C(=O)Cc1ccccc1Cl. The van der Waals surface area contributed by atoms with Crippen LogP contribution in [-0.4, -0.2) is 22.8 Å². The van der Waals surface area contributed by atoms with E-state index in [2.05, 4.69) is 11.1 Å². The van der Waals surface area contributed by atoms with Gasteiger partial charge in [-0.25, -0.2) is 4.98 Å². The molecule has 1 amide bonds. The first-order valence-electron chi connectivity index (χ1n) is 7.41. The predicted octanol–water partition coefficient (Wildman–Crippen LogP) is 4.71. The molecule has 1 atom stereocenters. The molecule has 3 aromatic rings. The summed E-state index contributed by atoms with van der Waals surface area (Å²) in [5.74, 6) is 0.0323. The third-order valence-corrected chi connectivity index (χ3v) is 5.52. The minimum Gasteiger partial charge on any atom is -0.336 e. The summed E-state index contributed by atoms with van der Waals surface area (Å²) in [6, 6.07) is 15.4. The van der Waals surface area contributed by atoms with Crippen LogP contribution in [0.25, 0.3) is 10.2 Å². The van der Waals surface area contributed by atoms with Gasteiger partial charge >= 0.3 is 0 Å². The molecule has 0 N–H and O–H groups in total. The standard InChI is InChI=1S/C18H17ClN2OS/c1-12(18-20-15-9-5-6-10-16(15)23-18)21(2)17(22)11-13-7-3-4-8-14(13)19/h3-10,12H,11H2,1-2H3/t12-/m1/s1. The number of hydrogen-bond acceptors (Lipinski definition) is 3. The van der Waals surface area contributed by atoms with Crippen LogP contribution in [0.15, 0.2) is 48.5 Å². The Labute approximate surface area is 144 Å². The van der Waals surface area contributed by atoms with Crippen LogP contribution >= 0.6 is 22.9 Å². The van der Waals surface area contributed by atoms with Gasteiger partial charge in [0.05, 0.1) is 22.7 Å². The first-order chi connectivity index (χ1) is 11.1. The van der Waals surface area contributed by atoms with Crippen LogP contribution in [0, 0.1) is 0 Å². The molecule has 23 heavy (non-hydrogen) atoms. The highest BCUT2D eigenvalue weighted by atomic mass is 35.5. The Morgan fingerprint density at radius 3 is 2.65 bits per heavy atom. The fourth-order valence-electron chi connectivity index (χ4n) is 2.38. The van der Waals surface area contributed by atoms with E-state index in [4.69, 9.17) is 11.6 Å². The highest BCUT2D eigenvalue weighted by Crippen LogP contribution is 2.29. The van der Waals surface area contributed by atoms with E-state index < -0.39 is 0 Å². The van der Waals surface area contributed by atoms with E-state index in [1.165, 1.54) is 0 Å². The molecule has 0 saturated heterocycles. The summed E-state index contributed by atoms with van der Waals surface area (Å²) in [6.45, 7) is 2.00. The topological polar surface area (TPSA) is 33.2 Å². The van der Waals surface area contributed by atoms with Gasteiger partial charge in [0.25, 0.3) is 0 Å². The van der Waals surface area contributed by atoms with Gasteiger partial charge in [0.1, 0.15) is 5.01 Å². The van der Waals surface area contributed by atoms with Crippen LogP contribution in [0.2, 0.25) is 5.02 Å². The Morgan fingerprint density at radius 1 is 1.22 bits per heavy atom. The van der Waals surface area contributed by atoms with Crippen molar-refractivity contribution in [3.63, 3.8) is 0 Å². The molecular formula is C18H17ClN2OS. The Kier molecular flexibility index (Phi) is 4.64. The van der Waals surface area contributed by atoms with Gasteiger partial charge in [0.15, 0.2) is 0 Å². The third kappa shape index (κ3) is 3.38. The quantitative estimate of drug-likeness (QED) is 0.686. The molecule has 0 bridgehead atoms. The average molecular weight is 345 g/mol. The van der Waals surface area contributed by atoms with Gasteiger partial charge < -0.3 is 4.90 Å². The van der Waals surface area contributed by atoms with E-state index in [1.54, 1.807) is 22.3 Å². The van der Waals surface area contributed by atoms with Gasteiger partial charge in [0, 0.05) is 12.1 Å². The second kappa shape index (κ2) is 6.69. The first-order valence-corrected chi connectivity index (χ1v) is 8.60. The van der Waals surface area contributed by atoms with Crippen molar-refractivity contribution >= 4 is 39.1 Å². The lowest BCUT2D eigenvalue weighted by Crippen LogP contribution is -2.31. The monoisotopic (exact) mass is 344 g/mol. The van der Waals surface area contributed by atoms with Crippen molar-refractivity contribution in [2.24, 2.45) is 0 Å². The average Bonchev–Trinajstić information content (AvgIpc) is 2.99. The van der Waals surface area contributed by atoms with Crippen molar-refractivity contribution < 1.29 is 4.79 Å². The lowest BCUT2D eigenvalue weighted by atomic mass is 10.1. The normalized spacial score (nSPS) is 12.3. The number of hydrogen-bond donors (Lipinski definition) is 0. The second-order valence-corrected chi connectivity index (χ2v) is 6.94. The summed E-state index contributed by atoms with van der Waals surface area (Å²) in [5, 5.41) is 1.57. The molecule has 2 aromatic carbocycles. The van der Waals surface area contributed by atoms with Crippen LogP contribution in [-0.2, 0) is 11.2 Å². The van der Waals surface area contributed by atoms with Gasteiger partial charge in [-0.1, -0.05) is 41.9 Å². The summed E-state index contributed by atoms with van der Waals surface area (Å²) in [5.41, 5.74) is 1.83. The number of benzene rings is 2. The number of para-hydroxylation sites is 1. The number of likely N-dealkylation sites (N-methyl/N-ethyl adjacent to an activating group) is 1. The van der Waals surface area contributed by atoms with E-state index in [1.807, 2.05) is 50.4 Å². The number of carbonyl (C=O) groups is 1. The Bertz CT molecular complexity index is 813. The lowest BCUT2D eigenvalue weighted by molar-refractivity contribution is -0.131.